The molecular formula is C17H16Cl2N2O3S. The number of nitrogens with one attached hydrogen (secondary N) is 2. The van der Waals surface area contributed by atoms with E-state index in [4.69, 9.17) is 23.2 Å². The van der Waals surface area contributed by atoms with E-state index in [-0.39, 0.29) is 33.3 Å². The quantitative estimate of drug-likeness (QED) is 0.776. The van der Waals surface area contributed by atoms with Gasteiger partial charge in [0.15, 0.2) is 0 Å². The Bertz CT molecular complexity index is 892. The van der Waals surface area contributed by atoms with Crippen LogP contribution >= 0.6 is 23.2 Å². The van der Waals surface area contributed by atoms with E-state index in [0.717, 1.165) is 18.4 Å². The van der Waals surface area contributed by atoms with Crippen molar-refractivity contribution < 1.29 is 13.2 Å². The number of benzene rings is 2. The number of amides is 1. The zero-order valence-corrected chi connectivity index (χ0v) is 15.5. The number of carbonyl (C=O) groups is 1. The van der Waals surface area contributed by atoms with Gasteiger partial charge in [-0.15, -0.1) is 0 Å². The molecule has 1 aliphatic carbocycles. The number of hydrogen-bond donors (Lipinski definition) is 2. The van der Waals surface area contributed by atoms with Gasteiger partial charge in [-0.2, -0.15) is 0 Å². The van der Waals surface area contributed by atoms with Crippen LogP contribution in [0.4, 0.5) is 5.69 Å². The summed E-state index contributed by atoms with van der Waals surface area (Å²) in [6, 6.07) is 11.2. The molecule has 0 aromatic heterocycles. The molecule has 1 aliphatic rings. The molecule has 0 unspecified atom stereocenters. The van der Waals surface area contributed by atoms with Crippen molar-refractivity contribution in [2.45, 2.75) is 24.3 Å². The SMILES string of the molecule is O=C(Nc1cccc(CNS(=O)(=O)c2cc(Cl)cc(Cl)c2)c1)C1CC1. The number of hydrogen-bond acceptors (Lipinski definition) is 3. The minimum absolute atomic E-state index is 0.00295. The summed E-state index contributed by atoms with van der Waals surface area (Å²) >= 11 is 11.7. The van der Waals surface area contributed by atoms with Gasteiger partial charge in [0.1, 0.15) is 0 Å². The van der Waals surface area contributed by atoms with Gasteiger partial charge in [-0.05, 0) is 48.7 Å². The highest BCUT2D eigenvalue weighted by atomic mass is 35.5. The van der Waals surface area contributed by atoms with Crippen LogP contribution in [-0.2, 0) is 21.4 Å². The summed E-state index contributed by atoms with van der Waals surface area (Å²) in [5.41, 5.74) is 1.38. The van der Waals surface area contributed by atoms with Crippen molar-refractivity contribution in [2.24, 2.45) is 5.92 Å². The summed E-state index contributed by atoms with van der Waals surface area (Å²) < 4.78 is 27.2. The van der Waals surface area contributed by atoms with Crippen molar-refractivity contribution in [1.82, 2.24) is 4.72 Å². The fourth-order valence-electron chi connectivity index (χ4n) is 2.29. The van der Waals surface area contributed by atoms with Gasteiger partial charge in [-0.25, -0.2) is 13.1 Å². The molecule has 2 aromatic rings. The molecule has 2 aromatic carbocycles. The Morgan fingerprint density at radius 1 is 1.08 bits per heavy atom. The Labute approximate surface area is 156 Å². The van der Waals surface area contributed by atoms with Gasteiger partial charge in [0.2, 0.25) is 15.9 Å². The Morgan fingerprint density at radius 2 is 1.76 bits per heavy atom. The van der Waals surface area contributed by atoms with Crippen molar-refractivity contribution in [1.29, 1.82) is 0 Å². The molecule has 5 nitrogen and oxygen atoms in total. The summed E-state index contributed by atoms with van der Waals surface area (Å²) in [6.45, 7) is 0.0829. The lowest BCUT2D eigenvalue weighted by molar-refractivity contribution is -0.117. The molecule has 25 heavy (non-hydrogen) atoms. The minimum Gasteiger partial charge on any atom is -0.326 e. The maximum atomic E-state index is 12.4. The Morgan fingerprint density at radius 3 is 2.40 bits per heavy atom. The maximum Gasteiger partial charge on any atom is 0.240 e. The van der Waals surface area contributed by atoms with Crippen LogP contribution in [0.5, 0.6) is 0 Å². The minimum atomic E-state index is -3.75. The van der Waals surface area contributed by atoms with Crippen LogP contribution in [-0.4, -0.2) is 14.3 Å². The van der Waals surface area contributed by atoms with E-state index >= 15 is 0 Å². The van der Waals surface area contributed by atoms with Crippen LogP contribution < -0.4 is 10.0 Å². The first-order valence-electron chi connectivity index (χ1n) is 7.69. The highest BCUT2D eigenvalue weighted by molar-refractivity contribution is 7.89. The van der Waals surface area contributed by atoms with Crippen LogP contribution in [0.3, 0.4) is 0 Å². The number of sulfonamides is 1. The number of rotatable bonds is 6. The zero-order chi connectivity index (χ0) is 18.0. The van der Waals surface area contributed by atoms with Gasteiger partial charge in [-0.1, -0.05) is 35.3 Å². The molecule has 132 valence electrons. The third-order valence-corrected chi connectivity index (χ3v) is 5.57. The molecule has 2 N–H and O–H groups in total. The van der Waals surface area contributed by atoms with Crippen molar-refractivity contribution in [2.75, 3.05) is 5.32 Å². The van der Waals surface area contributed by atoms with Gasteiger partial charge in [0.25, 0.3) is 0 Å². The van der Waals surface area contributed by atoms with Crippen molar-refractivity contribution in [3.8, 4) is 0 Å². The van der Waals surface area contributed by atoms with E-state index in [2.05, 4.69) is 10.0 Å². The molecule has 8 heteroatoms. The fourth-order valence-corrected chi connectivity index (χ4v) is 4.04. The molecule has 0 radical (unpaired) electrons. The predicted octanol–water partition coefficient (Wildman–Crippen LogP) is 3.82. The van der Waals surface area contributed by atoms with Crippen LogP contribution in [0.15, 0.2) is 47.4 Å². The third kappa shape index (κ3) is 4.95. The van der Waals surface area contributed by atoms with Gasteiger partial charge >= 0.3 is 0 Å². The molecular weight excluding hydrogens is 383 g/mol. The summed E-state index contributed by atoms with van der Waals surface area (Å²) in [5.74, 6) is 0.112. The predicted molar refractivity (Wildman–Crippen MR) is 98.3 cm³/mol. The summed E-state index contributed by atoms with van der Waals surface area (Å²) in [4.78, 5) is 11.8. The molecule has 1 amide bonds. The second kappa shape index (κ2) is 7.33. The molecule has 3 rings (SSSR count). The Balaban J connectivity index is 1.68. The van der Waals surface area contributed by atoms with Crippen molar-refractivity contribution >= 4 is 44.8 Å². The number of anilines is 1. The van der Waals surface area contributed by atoms with Crippen LogP contribution in [0.1, 0.15) is 18.4 Å². The molecule has 0 saturated heterocycles. The summed E-state index contributed by atoms with van der Waals surface area (Å²) in [5, 5.41) is 3.33. The average Bonchev–Trinajstić information content (AvgIpc) is 3.37. The van der Waals surface area contributed by atoms with Crippen LogP contribution in [0.2, 0.25) is 10.0 Å². The molecule has 0 bridgehead atoms. The lowest BCUT2D eigenvalue weighted by atomic mass is 10.2. The molecule has 0 atom stereocenters. The first-order chi connectivity index (χ1) is 11.8. The van der Waals surface area contributed by atoms with Gasteiger partial charge in [0, 0.05) is 28.2 Å². The monoisotopic (exact) mass is 398 g/mol. The number of carbonyl (C=O) groups excluding carboxylic acids is 1. The second-order valence-corrected chi connectivity index (χ2v) is 8.53. The van der Waals surface area contributed by atoms with E-state index in [1.165, 1.54) is 18.2 Å². The Hall–Kier alpha value is -1.60. The molecule has 0 spiro atoms. The Kier molecular flexibility index (Phi) is 5.34. The average molecular weight is 399 g/mol. The fraction of sp³-hybridized carbons (Fsp3) is 0.235. The largest absolute Gasteiger partial charge is 0.326 e. The molecule has 1 fully saturated rings. The maximum absolute atomic E-state index is 12.4. The van der Waals surface area contributed by atoms with Crippen molar-refractivity contribution in [3.05, 3.63) is 58.1 Å². The van der Waals surface area contributed by atoms with E-state index in [9.17, 15) is 13.2 Å². The van der Waals surface area contributed by atoms with E-state index in [0.29, 0.717) is 5.69 Å². The lowest BCUT2D eigenvalue weighted by Crippen LogP contribution is -2.23. The van der Waals surface area contributed by atoms with Gasteiger partial charge in [0.05, 0.1) is 4.90 Å². The lowest BCUT2D eigenvalue weighted by Gasteiger charge is -2.10. The highest BCUT2D eigenvalue weighted by Crippen LogP contribution is 2.30. The van der Waals surface area contributed by atoms with E-state index in [1.54, 1.807) is 24.3 Å². The first kappa shape index (κ1) is 18.2. The van der Waals surface area contributed by atoms with Crippen LogP contribution in [0.25, 0.3) is 0 Å². The highest BCUT2D eigenvalue weighted by Gasteiger charge is 2.29. The second-order valence-electron chi connectivity index (χ2n) is 5.89. The molecule has 1 saturated carbocycles. The van der Waals surface area contributed by atoms with Gasteiger partial charge in [-0.3, -0.25) is 4.79 Å². The van der Waals surface area contributed by atoms with Crippen LogP contribution in [0, 0.1) is 5.92 Å². The smallest absolute Gasteiger partial charge is 0.240 e. The number of halogens is 2. The van der Waals surface area contributed by atoms with E-state index < -0.39 is 10.0 Å². The van der Waals surface area contributed by atoms with E-state index in [1.807, 2.05) is 0 Å². The zero-order valence-electron chi connectivity index (χ0n) is 13.1. The molecule has 0 aliphatic heterocycles. The first-order valence-corrected chi connectivity index (χ1v) is 9.93. The van der Waals surface area contributed by atoms with Gasteiger partial charge < -0.3 is 5.32 Å². The standard InChI is InChI=1S/C17H16Cl2N2O3S/c18-13-7-14(19)9-16(8-13)25(23,24)20-10-11-2-1-3-15(6-11)21-17(22)12-4-5-12/h1-3,6-9,12,20H,4-5,10H2,(H,21,22). The van der Waals surface area contributed by atoms with Crippen molar-refractivity contribution in [3.63, 3.8) is 0 Å². The molecule has 0 heterocycles. The topological polar surface area (TPSA) is 75.3 Å². The normalized spacial score (nSPS) is 14.3. The summed E-state index contributed by atoms with van der Waals surface area (Å²) in [7, 11) is -3.75. The third-order valence-electron chi connectivity index (χ3n) is 3.76. The summed E-state index contributed by atoms with van der Waals surface area (Å²) in [6.07, 6.45) is 1.85.